The Morgan fingerprint density at radius 2 is 2.22 bits per heavy atom. The molecule has 0 unspecified atom stereocenters. The molecule has 0 aromatic heterocycles. The lowest BCUT2D eigenvalue weighted by Crippen LogP contribution is -1.79. The molecule has 1 saturated heterocycles. The molecule has 9 heavy (non-hydrogen) atoms. The van der Waals surface area contributed by atoms with Gasteiger partial charge < -0.3 is 0 Å². The Hall–Kier alpha value is -0.123. The van der Waals surface area contributed by atoms with Gasteiger partial charge in [-0.1, -0.05) is 25.8 Å². The summed E-state index contributed by atoms with van der Waals surface area (Å²) in [7, 11) is -1.14. The van der Waals surface area contributed by atoms with Gasteiger partial charge >= 0.3 is 9.28 Å². The fourth-order valence-corrected chi connectivity index (χ4v) is 1.43. The van der Waals surface area contributed by atoms with E-state index in [2.05, 4.69) is 27.9 Å². The van der Waals surface area contributed by atoms with Gasteiger partial charge in [-0.3, -0.25) is 9.15 Å². The van der Waals surface area contributed by atoms with Crippen LogP contribution in [0, 0.1) is 0 Å². The molecular weight excluding hydrogens is 132 g/mol. The molecule has 2 nitrogen and oxygen atoms in total. The van der Waals surface area contributed by atoms with Crippen LogP contribution in [-0.4, -0.2) is 9.28 Å². The molecule has 0 atom stereocenters. The van der Waals surface area contributed by atoms with Gasteiger partial charge in [-0.05, 0) is 12.1 Å². The first-order valence-corrected chi connectivity index (χ1v) is 5.03. The third kappa shape index (κ3) is 3.45. The predicted octanol–water partition coefficient (Wildman–Crippen LogP) is 1.45. The van der Waals surface area contributed by atoms with Crippen LogP contribution in [-0.2, 0) is 9.15 Å². The highest BCUT2D eigenvalue weighted by molar-refractivity contribution is 6.55. The Morgan fingerprint density at radius 3 is 2.78 bits per heavy atom. The first-order valence-electron chi connectivity index (χ1n) is 3.42. The van der Waals surface area contributed by atoms with Gasteiger partial charge in [0.2, 0.25) is 0 Å². The molecule has 52 valence electrons. The molecule has 0 N–H and O–H groups in total. The Kier molecular flexibility index (Phi) is 2.97. The maximum atomic E-state index is 4.64. The van der Waals surface area contributed by atoms with Gasteiger partial charge in [0.15, 0.2) is 0 Å². The van der Waals surface area contributed by atoms with Crippen molar-refractivity contribution < 1.29 is 9.15 Å². The van der Waals surface area contributed by atoms with E-state index in [9.17, 15) is 0 Å². The zero-order valence-electron chi connectivity index (χ0n) is 5.67. The summed E-state index contributed by atoms with van der Waals surface area (Å²) in [5, 5.41) is 0. The van der Waals surface area contributed by atoms with Crippen LogP contribution in [0.15, 0.2) is 11.8 Å². The molecule has 0 amide bonds. The minimum atomic E-state index is -1.14. The summed E-state index contributed by atoms with van der Waals surface area (Å²) in [6, 6.07) is 0. The van der Waals surface area contributed by atoms with Crippen LogP contribution in [0.4, 0.5) is 0 Å². The molecule has 0 saturated carbocycles. The van der Waals surface area contributed by atoms with Gasteiger partial charge in [0, 0.05) is 0 Å². The lowest BCUT2D eigenvalue weighted by molar-refractivity contribution is 0.0850. The summed E-state index contributed by atoms with van der Waals surface area (Å²) in [6.45, 7) is 2.19. The standard InChI is InChI=1S/C6H12O2Si/c1-2-3-4-5-6-9-7-8-9/h5-6,9H,2-4H2,1H3. The van der Waals surface area contributed by atoms with Crippen LogP contribution < -0.4 is 0 Å². The summed E-state index contributed by atoms with van der Waals surface area (Å²) in [5.74, 6) is 0. The van der Waals surface area contributed by atoms with E-state index in [4.69, 9.17) is 0 Å². The molecule has 0 radical (unpaired) electrons. The number of rotatable bonds is 4. The monoisotopic (exact) mass is 144 g/mol. The maximum Gasteiger partial charge on any atom is 0.416 e. The van der Waals surface area contributed by atoms with Gasteiger partial charge in [-0.15, -0.1) is 0 Å². The van der Waals surface area contributed by atoms with Gasteiger partial charge in [-0.2, -0.15) is 0 Å². The van der Waals surface area contributed by atoms with Crippen molar-refractivity contribution in [3.05, 3.63) is 11.8 Å². The largest absolute Gasteiger partial charge is 0.416 e. The lowest BCUT2D eigenvalue weighted by Gasteiger charge is -1.84. The SMILES string of the molecule is CCCCC=C[SiH]1OO1. The van der Waals surface area contributed by atoms with E-state index in [0.29, 0.717) is 0 Å². The Morgan fingerprint density at radius 1 is 1.44 bits per heavy atom. The van der Waals surface area contributed by atoms with E-state index >= 15 is 0 Å². The van der Waals surface area contributed by atoms with Gasteiger partial charge in [0.1, 0.15) is 0 Å². The van der Waals surface area contributed by atoms with Gasteiger partial charge in [-0.25, -0.2) is 0 Å². The second kappa shape index (κ2) is 3.82. The summed E-state index contributed by atoms with van der Waals surface area (Å²) in [5.41, 5.74) is 2.08. The van der Waals surface area contributed by atoms with Crippen LogP contribution in [0.5, 0.6) is 0 Å². The van der Waals surface area contributed by atoms with Crippen LogP contribution in [0.3, 0.4) is 0 Å². The fourth-order valence-electron chi connectivity index (χ4n) is 0.626. The highest BCUT2D eigenvalue weighted by Gasteiger charge is 2.25. The van der Waals surface area contributed by atoms with Gasteiger partial charge in [0.05, 0.1) is 0 Å². The minimum absolute atomic E-state index is 1.14. The first-order chi connectivity index (χ1) is 4.43. The molecule has 1 aliphatic heterocycles. The number of unbranched alkanes of at least 4 members (excludes halogenated alkanes) is 2. The summed E-state index contributed by atoms with van der Waals surface area (Å²) >= 11 is 0. The van der Waals surface area contributed by atoms with Gasteiger partial charge in [0.25, 0.3) is 0 Å². The molecule has 0 aromatic carbocycles. The van der Waals surface area contributed by atoms with E-state index in [1.807, 2.05) is 0 Å². The smallest absolute Gasteiger partial charge is 0.256 e. The van der Waals surface area contributed by atoms with Crippen molar-refractivity contribution in [2.24, 2.45) is 0 Å². The van der Waals surface area contributed by atoms with E-state index in [1.54, 1.807) is 0 Å². The number of allylic oxidation sites excluding steroid dienone is 1. The minimum Gasteiger partial charge on any atom is -0.256 e. The summed E-state index contributed by atoms with van der Waals surface area (Å²) < 4.78 is 9.28. The van der Waals surface area contributed by atoms with E-state index in [-0.39, 0.29) is 0 Å². The lowest BCUT2D eigenvalue weighted by atomic mass is 10.2. The average Bonchev–Trinajstić information content (AvgIpc) is 2.63. The second-order valence-electron chi connectivity index (χ2n) is 2.13. The van der Waals surface area contributed by atoms with Crippen molar-refractivity contribution >= 4 is 9.28 Å². The highest BCUT2D eigenvalue weighted by atomic mass is 28.3. The second-order valence-corrected chi connectivity index (χ2v) is 3.64. The van der Waals surface area contributed by atoms with E-state index in [1.165, 1.54) is 19.3 Å². The van der Waals surface area contributed by atoms with Crippen molar-refractivity contribution in [1.82, 2.24) is 0 Å². The Labute approximate surface area is 57.2 Å². The molecule has 1 rings (SSSR count). The maximum absolute atomic E-state index is 4.64. The summed E-state index contributed by atoms with van der Waals surface area (Å²) in [4.78, 5) is 0. The molecule has 0 spiro atoms. The Bertz CT molecular complexity index is 99.2. The van der Waals surface area contributed by atoms with Crippen molar-refractivity contribution in [2.45, 2.75) is 26.2 Å². The molecule has 1 fully saturated rings. The number of hydrogen-bond acceptors (Lipinski definition) is 2. The van der Waals surface area contributed by atoms with E-state index in [0.717, 1.165) is 0 Å². The van der Waals surface area contributed by atoms with Crippen LogP contribution in [0.2, 0.25) is 0 Å². The Balaban J connectivity index is 1.89. The normalized spacial score (nSPS) is 19.2. The zero-order valence-corrected chi connectivity index (χ0v) is 6.82. The third-order valence-corrected chi connectivity index (χ3v) is 2.23. The predicted molar refractivity (Wildman–Crippen MR) is 38.0 cm³/mol. The quantitative estimate of drug-likeness (QED) is 0.258. The van der Waals surface area contributed by atoms with Crippen molar-refractivity contribution in [1.29, 1.82) is 0 Å². The molecule has 1 heterocycles. The van der Waals surface area contributed by atoms with Crippen LogP contribution in [0.1, 0.15) is 26.2 Å². The fraction of sp³-hybridized carbons (Fsp3) is 0.667. The summed E-state index contributed by atoms with van der Waals surface area (Å²) in [6.07, 6.45) is 5.87. The zero-order chi connectivity index (χ0) is 6.53. The average molecular weight is 144 g/mol. The first kappa shape index (κ1) is 6.99. The molecule has 0 bridgehead atoms. The van der Waals surface area contributed by atoms with Crippen molar-refractivity contribution in [2.75, 3.05) is 0 Å². The van der Waals surface area contributed by atoms with E-state index < -0.39 is 9.28 Å². The molecule has 3 heteroatoms. The third-order valence-electron chi connectivity index (χ3n) is 1.22. The molecule has 0 aromatic rings. The topological polar surface area (TPSA) is 25.1 Å². The number of hydrogen-bond donors (Lipinski definition) is 0. The molecule has 0 aliphatic carbocycles. The van der Waals surface area contributed by atoms with Crippen LogP contribution >= 0.6 is 0 Å². The molecular formula is C6H12O2Si. The van der Waals surface area contributed by atoms with Crippen molar-refractivity contribution in [3.63, 3.8) is 0 Å². The van der Waals surface area contributed by atoms with Crippen molar-refractivity contribution in [3.8, 4) is 0 Å². The van der Waals surface area contributed by atoms with Crippen LogP contribution in [0.25, 0.3) is 0 Å². The molecule has 1 aliphatic rings. The highest BCUT2D eigenvalue weighted by Crippen LogP contribution is 2.08.